The number of aliphatic hydroxyl groups excluding tert-OH is 1. The molecule has 1 heterocycles. The van der Waals surface area contributed by atoms with Crippen LogP contribution in [0.5, 0.6) is 5.75 Å². The van der Waals surface area contributed by atoms with Gasteiger partial charge in [0.05, 0.1) is 12.6 Å². The van der Waals surface area contributed by atoms with Crippen LogP contribution >= 0.6 is 11.6 Å². The van der Waals surface area contributed by atoms with Gasteiger partial charge in [0.1, 0.15) is 18.2 Å². The lowest BCUT2D eigenvalue weighted by atomic mass is 10.1. The van der Waals surface area contributed by atoms with Gasteiger partial charge in [-0.25, -0.2) is 4.39 Å². The summed E-state index contributed by atoms with van der Waals surface area (Å²) in [6.45, 7) is 1.99. The topological polar surface area (TPSA) is 51.5 Å². The number of ether oxygens (including phenoxy) is 1. The van der Waals surface area contributed by atoms with Gasteiger partial charge >= 0.3 is 0 Å². The highest BCUT2D eigenvalue weighted by Gasteiger charge is 2.07. The van der Waals surface area contributed by atoms with Crippen LogP contribution in [0.1, 0.15) is 12.5 Å². The molecular weight excluding hydrogens is 369 g/mol. The fourth-order valence-corrected chi connectivity index (χ4v) is 2.78. The van der Waals surface area contributed by atoms with E-state index in [1.54, 1.807) is 43.5 Å². The second-order valence-corrected chi connectivity index (χ2v) is 6.74. The Morgan fingerprint density at radius 2 is 1.81 bits per heavy atom. The lowest BCUT2D eigenvalue weighted by molar-refractivity contribution is 0.123. The fraction of sp³-hybridized carbons (Fsp3) is 0.190. The number of halogens is 2. The van der Waals surface area contributed by atoms with Crippen LogP contribution in [0.25, 0.3) is 11.1 Å². The molecule has 3 aromatic rings. The Bertz CT molecular complexity index is 983. The molecule has 6 heteroatoms. The van der Waals surface area contributed by atoms with Crippen LogP contribution in [-0.2, 0) is 6.54 Å². The maximum absolute atomic E-state index is 14.0. The van der Waals surface area contributed by atoms with Crippen molar-refractivity contribution in [3.63, 3.8) is 0 Å². The first-order valence-corrected chi connectivity index (χ1v) is 8.86. The first kappa shape index (κ1) is 19.1. The van der Waals surface area contributed by atoms with Gasteiger partial charge in [-0.05, 0) is 48.4 Å². The number of hydrogen-bond acceptors (Lipinski definition) is 3. The molecule has 1 unspecified atom stereocenters. The van der Waals surface area contributed by atoms with Crippen molar-refractivity contribution in [2.75, 3.05) is 6.61 Å². The second kappa shape index (κ2) is 8.37. The van der Waals surface area contributed by atoms with Gasteiger partial charge in [-0.3, -0.25) is 4.79 Å². The van der Waals surface area contributed by atoms with Gasteiger partial charge in [0.15, 0.2) is 0 Å². The van der Waals surface area contributed by atoms with E-state index in [-0.39, 0.29) is 18.7 Å². The summed E-state index contributed by atoms with van der Waals surface area (Å²) < 4.78 is 20.9. The summed E-state index contributed by atoms with van der Waals surface area (Å²) in [5.74, 6) is 0.204. The molecule has 27 heavy (non-hydrogen) atoms. The third-order valence-corrected chi connectivity index (χ3v) is 4.25. The molecule has 0 fully saturated rings. The molecule has 1 atom stereocenters. The van der Waals surface area contributed by atoms with E-state index in [2.05, 4.69) is 0 Å². The van der Waals surface area contributed by atoms with Gasteiger partial charge < -0.3 is 14.4 Å². The Labute approximate surface area is 161 Å². The van der Waals surface area contributed by atoms with Crippen molar-refractivity contribution in [2.45, 2.75) is 19.6 Å². The number of pyridine rings is 1. The first-order valence-electron chi connectivity index (χ1n) is 8.48. The summed E-state index contributed by atoms with van der Waals surface area (Å²) >= 11 is 5.78. The first-order chi connectivity index (χ1) is 12.9. The standard InChI is InChI=1S/C21H19ClFNO3/c1-14(25)13-27-19-7-3-15(4-8-19)16-5-9-21(26)24(11-16)12-17-2-6-18(22)10-20(17)23/h2-11,14,25H,12-13H2,1H3. The Morgan fingerprint density at radius 1 is 1.11 bits per heavy atom. The van der Waals surface area contributed by atoms with Crippen molar-refractivity contribution in [3.8, 4) is 16.9 Å². The van der Waals surface area contributed by atoms with E-state index in [9.17, 15) is 14.3 Å². The third kappa shape index (κ3) is 4.96. The van der Waals surface area contributed by atoms with Crippen LogP contribution in [0.15, 0.2) is 65.6 Å². The average Bonchev–Trinajstić information content (AvgIpc) is 2.64. The molecular formula is C21H19ClFNO3. The normalized spacial score (nSPS) is 12.0. The van der Waals surface area contributed by atoms with Crippen LogP contribution < -0.4 is 10.3 Å². The molecule has 0 aliphatic carbocycles. The summed E-state index contributed by atoms with van der Waals surface area (Å²) in [6.07, 6.45) is 1.16. The molecule has 1 N–H and O–H groups in total. The molecule has 0 aliphatic heterocycles. The molecule has 0 aliphatic rings. The maximum atomic E-state index is 14.0. The maximum Gasteiger partial charge on any atom is 0.250 e. The second-order valence-electron chi connectivity index (χ2n) is 6.30. The quantitative estimate of drug-likeness (QED) is 0.692. The Balaban J connectivity index is 1.83. The zero-order valence-electron chi connectivity index (χ0n) is 14.7. The number of hydrogen-bond donors (Lipinski definition) is 1. The number of benzene rings is 2. The molecule has 2 aromatic carbocycles. The summed E-state index contributed by atoms with van der Waals surface area (Å²) in [7, 11) is 0. The van der Waals surface area contributed by atoms with Crippen molar-refractivity contribution in [1.82, 2.24) is 4.57 Å². The fourth-order valence-electron chi connectivity index (χ4n) is 2.62. The molecule has 0 amide bonds. The van der Waals surface area contributed by atoms with Crippen LogP contribution in [0, 0.1) is 5.82 Å². The molecule has 0 bridgehead atoms. The average molecular weight is 388 g/mol. The van der Waals surface area contributed by atoms with Crippen LogP contribution in [0.2, 0.25) is 5.02 Å². The number of rotatable bonds is 6. The van der Waals surface area contributed by atoms with E-state index >= 15 is 0 Å². The molecule has 1 aromatic heterocycles. The Kier molecular flexibility index (Phi) is 5.94. The van der Waals surface area contributed by atoms with E-state index in [4.69, 9.17) is 16.3 Å². The van der Waals surface area contributed by atoms with Crippen LogP contribution in [0.4, 0.5) is 4.39 Å². The summed E-state index contributed by atoms with van der Waals surface area (Å²) in [6, 6.07) is 14.9. The highest BCUT2D eigenvalue weighted by molar-refractivity contribution is 6.30. The summed E-state index contributed by atoms with van der Waals surface area (Å²) in [4.78, 5) is 12.2. The monoisotopic (exact) mass is 387 g/mol. The minimum absolute atomic E-state index is 0.116. The number of aliphatic hydroxyl groups is 1. The minimum Gasteiger partial charge on any atom is -0.491 e. The molecule has 0 saturated carbocycles. The molecule has 140 valence electrons. The van der Waals surface area contributed by atoms with Crippen LogP contribution in [-0.4, -0.2) is 22.4 Å². The van der Waals surface area contributed by atoms with Gasteiger partial charge in [-0.15, -0.1) is 0 Å². The number of aromatic nitrogens is 1. The third-order valence-electron chi connectivity index (χ3n) is 4.02. The molecule has 4 nitrogen and oxygen atoms in total. The zero-order valence-corrected chi connectivity index (χ0v) is 15.5. The van der Waals surface area contributed by atoms with Gasteiger partial charge in [-0.1, -0.05) is 29.8 Å². The highest BCUT2D eigenvalue weighted by Crippen LogP contribution is 2.22. The van der Waals surface area contributed by atoms with Crippen molar-refractivity contribution >= 4 is 11.6 Å². The molecule has 0 radical (unpaired) electrons. The van der Waals surface area contributed by atoms with Crippen molar-refractivity contribution < 1.29 is 14.2 Å². The van der Waals surface area contributed by atoms with Gasteiger partial charge in [0, 0.05) is 22.8 Å². The van der Waals surface area contributed by atoms with Crippen molar-refractivity contribution in [2.24, 2.45) is 0 Å². The van der Waals surface area contributed by atoms with E-state index < -0.39 is 11.9 Å². The Hall–Kier alpha value is -2.63. The SMILES string of the molecule is CC(O)COc1ccc(-c2ccc(=O)n(Cc3ccc(Cl)cc3F)c2)cc1. The lowest BCUT2D eigenvalue weighted by Crippen LogP contribution is -2.19. The number of nitrogens with zero attached hydrogens (tertiary/aromatic N) is 1. The lowest BCUT2D eigenvalue weighted by Gasteiger charge is -2.11. The van der Waals surface area contributed by atoms with Gasteiger partial charge in [-0.2, -0.15) is 0 Å². The Morgan fingerprint density at radius 3 is 2.48 bits per heavy atom. The predicted octanol–water partition coefficient (Wildman–Crippen LogP) is 4.12. The minimum atomic E-state index is -0.540. The smallest absolute Gasteiger partial charge is 0.250 e. The zero-order chi connectivity index (χ0) is 19.4. The molecule has 0 saturated heterocycles. The summed E-state index contributed by atoms with van der Waals surface area (Å²) in [5.41, 5.74) is 1.89. The highest BCUT2D eigenvalue weighted by atomic mass is 35.5. The molecule has 3 rings (SSSR count). The van der Waals surface area contributed by atoms with E-state index in [1.807, 2.05) is 12.1 Å². The van der Waals surface area contributed by atoms with Crippen molar-refractivity contribution in [1.29, 1.82) is 0 Å². The van der Waals surface area contributed by atoms with Gasteiger partial charge in [0.25, 0.3) is 5.56 Å². The van der Waals surface area contributed by atoms with E-state index in [0.717, 1.165) is 11.1 Å². The van der Waals surface area contributed by atoms with E-state index in [0.29, 0.717) is 16.3 Å². The molecule has 0 spiro atoms. The summed E-state index contributed by atoms with van der Waals surface area (Å²) in [5, 5.41) is 9.58. The largest absolute Gasteiger partial charge is 0.491 e. The predicted molar refractivity (Wildman–Crippen MR) is 104 cm³/mol. The van der Waals surface area contributed by atoms with E-state index in [1.165, 1.54) is 16.7 Å². The van der Waals surface area contributed by atoms with Crippen LogP contribution in [0.3, 0.4) is 0 Å². The van der Waals surface area contributed by atoms with Gasteiger partial charge in [0.2, 0.25) is 0 Å². The van der Waals surface area contributed by atoms with Crippen molar-refractivity contribution in [3.05, 3.63) is 87.6 Å².